The molecule has 0 saturated carbocycles. The van der Waals surface area contributed by atoms with Gasteiger partial charge < -0.3 is 4.98 Å². The van der Waals surface area contributed by atoms with Crippen molar-refractivity contribution in [2.24, 2.45) is 0 Å². The van der Waals surface area contributed by atoms with Gasteiger partial charge in [0.25, 0.3) is 0 Å². The maximum atomic E-state index is 3.51. The summed E-state index contributed by atoms with van der Waals surface area (Å²) in [6, 6.07) is 4.50. The summed E-state index contributed by atoms with van der Waals surface area (Å²) in [5, 5.41) is 1.39. The van der Waals surface area contributed by atoms with E-state index in [-0.39, 0.29) is 0 Å². The second kappa shape index (κ2) is 5.20. The van der Waals surface area contributed by atoms with Gasteiger partial charge in [0.1, 0.15) is 0 Å². The van der Waals surface area contributed by atoms with Crippen LogP contribution in [-0.2, 0) is 6.42 Å². The van der Waals surface area contributed by atoms with E-state index >= 15 is 0 Å². The zero-order valence-corrected chi connectivity index (χ0v) is 11.4. The zero-order chi connectivity index (χ0) is 12.3. The van der Waals surface area contributed by atoms with Gasteiger partial charge in [-0.1, -0.05) is 32.4 Å². The van der Waals surface area contributed by atoms with Gasteiger partial charge in [-0.3, -0.25) is 0 Å². The molecule has 88 valence electrons. The molecule has 0 aliphatic heterocycles. The highest BCUT2D eigenvalue weighted by Gasteiger charge is 2.07. The topological polar surface area (TPSA) is 15.8 Å². The van der Waals surface area contributed by atoms with E-state index in [2.05, 4.69) is 44.8 Å². The molecule has 0 aliphatic rings. The number of benzene rings is 1. The second-order valence-corrected chi connectivity index (χ2v) is 4.09. The summed E-state index contributed by atoms with van der Waals surface area (Å²) in [6.45, 7) is 12.7. The number of hydrogen-bond donors (Lipinski definition) is 1. The predicted octanol–water partition coefficient (Wildman–Crippen LogP) is 4.68. The molecule has 2 rings (SSSR count). The Balaban J connectivity index is 0.000000606. The highest BCUT2D eigenvalue weighted by atomic mass is 14.7. The minimum atomic E-state index is 1.08. The molecule has 0 aliphatic carbocycles. The van der Waals surface area contributed by atoms with Crippen molar-refractivity contribution >= 4 is 10.9 Å². The van der Waals surface area contributed by atoms with E-state index in [1.807, 2.05) is 13.8 Å². The Labute approximate surface area is 98.9 Å². The molecule has 2 aromatic rings. The van der Waals surface area contributed by atoms with Crippen LogP contribution in [0.4, 0.5) is 0 Å². The van der Waals surface area contributed by atoms with Gasteiger partial charge in [0.15, 0.2) is 0 Å². The van der Waals surface area contributed by atoms with Crippen molar-refractivity contribution in [2.45, 2.75) is 48.0 Å². The zero-order valence-electron chi connectivity index (χ0n) is 11.4. The maximum absolute atomic E-state index is 3.51. The second-order valence-electron chi connectivity index (χ2n) is 4.09. The van der Waals surface area contributed by atoms with Crippen molar-refractivity contribution < 1.29 is 0 Å². The molecule has 0 bridgehead atoms. The smallest absolute Gasteiger partial charge is 0.0488 e. The van der Waals surface area contributed by atoms with Gasteiger partial charge in [-0.05, 0) is 44.4 Å². The van der Waals surface area contributed by atoms with Crippen molar-refractivity contribution in [3.8, 4) is 0 Å². The summed E-state index contributed by atoms with van der Waals surface area (Å²) in [6.07, 6.45) is 1.08. The standard InChI is InChI=1S/C13H17N.C2H6/c1-5-12-10(4)11-7-8(2)6-9(3)13(11)14-12;1-2/h6-7,14H,5H2,1-4H3;1-2H3. The third kappa shape index (κ3) is 2.13. The molecule has 1 aromatic carbocycles. The molecule has 0 atom stereocenters. The number of aryl methyl sites for hydroxylation is 4. The lowest BCUT2D eigenvalue weighted by atomic mass is 10.1. The molecule has 16 heavy (non-hydrogen) atoms. The van der Waals surface area contributed by atoms with Gasteiger partial charge in [0, 0.05) is 16.6 Å². The third-order valence-corrected chi connectivity index (χ3v) is 2.97. The van der Waals surface area contributed by atoms with Crippen LogP contribution in [0.1, 0.15) is 43.2 Å². The van der Waals surface area contributed by atoms with E-state index in [4.69, 9.17) is 0 Å². The van der Waals surface area contributed by atoms with Crippen molar-refractivity contribution in [3.05, 3.63) is 34.5 Å². The van der Waals surface area contributed by atoms with Crippen LogP contribution in [0.5, 0.6) is 0 Å². The average Bonchev–Trinajstić information content (AvgIpc) is 2.59. The normalized spacial score (nSPS) is 10.1. The molecule has 0 saturated heterocycles. The SMILES string of the molecule is CC.CCc1[nH]c2c(C)cc(C)cc2c1C. The van der Waals surface area contributed by atoms with Crippen molar-refractivity contribution in [3.63, 3.8) is 0 Å². The fraction of sp³-hybridized carbons (Fsp3) is 0.467. The summed E-state index contributed by atoms with van der Waals surface area (Å²) in [4.78, 5) is 3.51. The minimum absolute atomic E-state index is 1.08. The van der Waals surface area contributed by atoms with E-state index < -0.39 is 0 Å². The first-order valence-corrected chi connectivity index (χ1v) is 6.22. The largest absolute Gasteiger partial charge is 0.358 e. The minimum Gasteiger partial charge on any atom is -0.358 e. The van der Waals surface area contributed by atoms with Gasteiger partial charge in [-0.15, -0.1) is 0 Å². The van der Waals surface area contributed by atoms with E-state index in [9.17, 15) is 0 Å². The average molecular weight is 217 g/mol. The van der Waals surface area contributed by atoms with Gasteiger partial charge in [0.2, 0.25) is 0 Å². The highest BCUT2D eigenvalue weighted by Crippen LogP contribution is 2.25. The van der Waals surface area contributed by atoms with Gasteiger partial charge >= 0.3 is 0 Å². The first-order chi connectivity index (χ1) is 7.63. The number of hydrogen-bond acceptors (Lipinski definition) is 0. The molecular weight excluding hydrogens is 194 g/mol. The van der Waals surface area contributed by atoms with E-state index in [0.29, 0.717) is 0 Å². The van der Waals surface area contributed by atoms with Crippen LogP contribution >= 0.6 is 0 Å². The molecule has 1 nitrogen and oxygen atoms in total. The molecule has 1 heteroatoms. The number of aromatic nitrogens is 1. The lowest BCUT2D eigenvalue weighted by Gasteiger charge is -1.99. The molecule has 0 unspecified atom stereocenters. The molecule has 1 N–H and O–H groups in total. The molecule has 0 radical (unpaired) electrons. The number of H-pyrrole nitrogens is 1. The number of rotatable bonds is 1. The summed E-state index contributed by atoms with van der Waals surface area (Å²) in [7, 11) is 0. The van der Waals surface area contributed by atoms with E-state index in [1.165, 1.54) is 33.3 Å². The van der Waals surface area contributed by atoms with Crippen LogP contribution in [0, 0.1) is 20.8 Å². The highest BCUT2D eigenvalue weighted by molar-refractivity contribution is 5.87. The molecule has 0 fully saturated rings. The molecular formula is C15H23N. The Bertz CT molecular complexity index is 478. The molecule has 0 spiro atoms. The Morgan fingerprint density at radius 1 is 1.06 bits per heavy atom. The van der Waals surface area contributed by atoms with Crippen LogP contribution in [0.25, 0.3) is 10.9 Å². The number of fused-ring (bicyclic) bond motifs is 1. The van der Waals surface area contributed by atoms with Crippen LogP contribution < -0.4 is 0 Å². The Morgan fingerprint density at radius 3 is 2.25 bits per heavy atom. The summed E-state index contributed by atoms with van der Waals surface area (Å²) in [5.41, 5.74) is 6.79. The van der Waals surface area contributed by atoms with Gasteiger partial charge in [-0.25, -0.2) is 0 Å². The lowest BCUT2D eigenvalue weighted by Crippen LogP contribution is -1.81. The predicted molar refractivity (Wildman–Crippen MR) is 73.2 cm³/mol. The summed E-state index contributed by atoms with van der Waals surface area (Å²) < 4.78 is 0. The van der Waals surface area contributed by atoms with Crippen LogP contribution in [0.15, 0.2) is 12.1 Å². The number of nitrogens with one attached hydrogen (secondary N) is 1. The first kappa shape index (κ1) is 12.8. The van der Waals surface area contributed by atoms with Gasteiger partial charge in [0.05, 0.1) is 0 Å². The Hall–Kier alpha value is -1.24. The van der Waals surface area contributed by atoms with E-state index in [0.717, 1.165) is 6.42 Å². The van der Waals surface area contributed by atoms with Crippen LogP contribution in [0.3, 0.4) is 0 Å². The summed E-state index contributed by atoms with van der Waals surface area (Å²) >= 11 is 0. The Kier molecular flexibility index (Phi) is 4.17. The van der Waals surface area contributed by atoms with Crippen LogP contribution in [-0.4, -0.2) is 4.98 Å². The van der Waals surface area contributed by atoms with E-state index in [1.54, 1.807) is 0 Å². The quantitative estimate of drug-likeness (QED) is 0.713. The number of aromatic amines is 1. The van der Waals surface area contributed by atoms with Crippen molar-refractivity contribution in [1.29, 1.82) is 0 Å². The van der Waals surface area contributed by atoms with Crippen molar-refractivity contribution in [2.75, 3.05) is 0 Å². The van der Waals surface area contributed by atoms with Gasteiger partial charge in [-0.2, -0.15) is 0 Å². The van der Waals surface area contributed by atoms with Crippen molar-refractivity contribution in [1.82, 2.24) is 4.98 Å². The fourth-order valence-corrected chi connectivity index (χ4v) is 2.19. The third-order valence-electron chi connectivity index (χ3n) is 2.97. The fourth-order valence-electron chi connectivity index (χ4n) is 2.19. The Morgan fingerprint density at radius 2 is 1.69 bits per heavy atom. The monoisotopic (exact) mass is 217 g/mol. The molecule has 1 aromatic heterocycles. The maximum Gasteiger partial charge on any atom is 0.0488 e. The molecule has 0 amide bonds. The molecule has 1 heterocycles. The summed E-state index contributed by atoms with van der Waals surface area (Å²) in [5.74, 6) is 0. The first-order valence-electron chi connectivity index (χ1n) is 6.22. The van der Waals surface area contributed by atoms with Crippen LogP contribution in [0.2, 0.25) is 0 Å². The lowest BCUT2D eigenvalue weighted by molar-refractivity contribution is 1.05.